The Bertz CT molecular complexity index is 714. The molecule has 39 heavy (non-hydrogen) atoms. The van der Waals surface area contributed by atoms with E-state index in [1.54, 1.807) is 0 Å². The molecule has 1 rings (SSSR count). The van der Waals surface area contributed by atoms with Crippen LogP contribution < -0.4 is 4.57 Å². The standard InChI is InChI=1S/C36H66NO2/c1-5-7-9-11-13-15-16-17-18-20-21-23-25-27-35-32-33(3)31-34(4)37(35)29-30-39-36(38)28-26-24-22-19-14-12-10-8-6-2/h31-32H,5-30H2,1-4H3/q+1. The van der Waals surface area contributed by atoms with Crippen molar-refractivity contribution >= 4 is 5.97 Å². The molecule has 0 N–H and O–H groups in total. The maximum absolute atomic E-state index is 12.2. The number of hydrogen-bond donors (Lipinski definition) is 0. The predicted octanol–water partition coefficient (Wildman–Crippen LogP) is 10.7. The minimum atomic E-state index is -0.0265. The number of unbranched alkanes of at least 4 members (excludes halogenated alkanes) is 20. The van der Waals surface area contributed by atoms with E-state index >= 15 is 0 Å². The summed E-state index contributed by atoms with van der Waals surface area (Å²) >= 11 is 0. The first-order chi connectivity index (χ1) is 19.1. The topological polar surface area (TPSA) is 30.2 Å². The lowest BCUT2D eigenvalue weighted by Crippen LogP contribution is -2.43. The molecule has 1 aromatic heterocycles. The first-order valence-electron chi connectivity index (χ1n) is 17.2. The van der Waals surface area contributed by atoms with Crippen LogP contribution >= 0.6 is 0 Å². The molecule has 0 aliphatic carbocycles. The fourth-order valence-corrected chi connectivity index (χ4v) is 5.77. The van der Waals surface area contributed by atoms with E-state index in [9.17, 15) is 4.79 Å². The SMILES string of the molecule is CCCCCCCCCCCCCCCc1cc(C)cc(C)[n+]1CCOC(=O)CCCCCCCCCCC. The van der Waals surface area contributed by atoms with Crippen LogP contribution in [0.15, 0.2) is 12.1 Å². The summed E-state index contributed by atoms with van der Waals surface area (Å²) in [5, 5.41) is 0. The minimum absolute atomic E-state index is 0.0265. The van der Waals surface area contributed by atoms with Gasteiger partial charge in [0.2, 0.25) is 0 Å². The van der Waals surface area contributed by atoms with Crippen LogP contribution in [0.3, 0.4) is 0 Å². The van der Waals surface area contributed by atoms with Gasteiger partial charge in [-0.15, -0.1) is 0 Å². The molecule has 0 aromatic carbocycles. The third-order valence-corrected chi connectivity index (χ3v) is 8.20. The van der Waals surface area contributed by atoms with E-state index < -0.39 is 0 Å². The summed E-state index contributed by atoms with van der Waals surface area (Å²) in [6.45, 7) is 10.2. The Morgan fingerprint density at radius 1 is 0.615 bits per heavy atom. The molecular formula is C36H66NO2+. The molecule has 3 nitrogen and oxygen atoms in total. The zero-order valence-corrected chi connectivity index (χ0v) is 26.8. The molecule has 0 saturated heterocycles. The highest BCUT2D eigenvalue weighted by molar-refractivity contribution is 5.69. The van der Waals surface area contributed by atoms with Gasteiger partial charge in [0.1, 0.15) is 0 Å². The largest absolute Gasteiger partial charge is 0.459 e. The van der Waals surface area contributed by atoms with Crippen LogP contribution in [0.25, 0.3) is 0 Å². The first kappa shape index (κ1) is 35.6. The lowest BCUT2D eigenvalue weighted by Gasteiger charge is -2.10. The predicted molar refractivity (Wildman–Crippen MR) is 168 cm³/mol. The number of carbonyl (C=O) groups excluding carboxylic acids is 1. The summed E-state index contributed by atoms with van der Waals surface area (Å²) in [4.78, 5) is 12.2. The summed E-state index contributed by atoms with van der Waals surface area (Å²) < 4.78 is 7.99. The van der Waals surface area contributed by atoms with Crippen molar-refractivity contribution in [2.75, 3.05) is 6.61 Å². The van der Waals surface area contributed by atoms with Gasteiger partial charge in [0.05, 0.1) is 0 Å². The van der Waals surface area contributed by atoms with E-state index in [-0.39, 0.29) is 5.97 Å². The zero-order chi connectivity index (χ0) is 28.4. The number of hydrogen-bond acceptors (Lipinski definition) is 2. The Morgan fingerprint density at radius 2 is 1.05 bits per heavy atom. The monoisotopic (exact) mass is 545 g/mol. The number of carbonyl (C=O) groups is 1. The number of aryl methyl sites for hydroxylation is 3. The van der Waals surface area contributed by atoms with Gasteiger partial charge in [-0.05, 0) is 25.3 Å². The van der Waals surface area contributed by atoms with Crippen molar-refractivity contribution in [1.82, 2.24) is 0 Å². The van der Waals surface area contributed by atoms with E-state index in [0.29, 0.717) is 13.0 Å². The van der Waals surface area contributed by atoms with Crippen LogP contribution in [-0.4, -0.2) is 12.6 Å². The van der Waals surface area contributed by atoms with Crippen LogP contribution in [0.2, 0.25) is 0 Å². The smallest absolute Gasteiger partial charge is 0.306 e. The van der Waals surface area contributed by atoms with Gasteiger partial charge in [0.25, 0.3) is 0 Å². The summed E-state index contributed by atoms with van der Waals surface area (Å²) in [5.74, 6) is -0.0265. The second kappa shape index (κ2) is 25.6. The number of nitrogens with zero attached hydrogens (tertiary/aromatic N) is 1. The molecule has 226 valence electrons. The van der Waals surface area contributed by atoms with E-state index in [1.807, 2.05) is 0 Å². The van der Waals surface area contributed by atoms with Gasteiger partial charge in [0, 0.05) is 31.9 Å². The van der Waals surface area contributed by atoms with Crippen molar-refractivity contribution in [3.63, 3.8) is 0 Å². The summed E-state index contributed by atoms with van der Waals surface area (Å²) in [5.41, 5.74) is 4.00. The maximum Gasteiger partial charge on any atom is 0.306 e. The van der Waals surface area contributed by atoms with Gasteiger partial charge >= 0.3 is 5.97 Å². The van der Waals surface area contributed by atoms with Crippen LogP contribution in [0.4, 0.5) is 0 Å². The highest BCUT2D eigenvalue weighted by Gasteiger charge is 2.16. The average molecular weight is 545 g/mol. The van der Waals surface area contributed by atoms with E-state index in [2.05, 4.69) is 44.4 Å². The van der Waals surface area contributed by atoms with Gasteiger partial charge < -0.3 is 4.74 Å². The molecule has 0 aliphatic rings. The molecule has 0 fully saturated rings. The normalized spacial score (nSPS) is 11.3. The second-order valence-corrected chi connectivity index (χ2v) is 12.1. The number of rotatable bonds is 27. The van der Waals surface area contributed by atoms with Gasteiger partial charge in [-0.2, -0.15) is 4.57 Å². The molecule has 3 heteroatoms. The van der Waals surface area contributed by atoms with Crippen molar-refractivity contribution in [2.24, 2.45) is 0 Å². The molecule has 0 spiro atoms. The molecule has 0 atom stereocenters. The number of pyridine rings is 1. The Labute approximate surface area is 243 Å². The molecule has 0 saturated carbocycles. The van der Waals surface area contributed by atoms with Gasteiger partial charge in [0.15, 0.2) is 24.5 Å². The van der Waals surface area contributed by atoms with E-state index in [0.717, 1.165) is 25.8 Å². The van der Waals surface area contributed by atoms with Gasteiger partial charge in [-0.3, -0.25) is 4.79 Å². The molecule has 0 amide bonds. The lowest BCUT2D eigenvalue weighted by atomic mass is 10.0. The number of esters is 1. The van der Waals surface area contributed by atoms with Crippen LogP contribution in [0, 0.1) is 13.8 Å². The highest BCUT2D eigenvalue weighted by Crippen LogP contribution is 2.14. The Hall–Kier alpha value is -1.38. The Morgan fingerprint density at radius 3 is 1.54 bits per heavy atom. The van der Waals surface area contributed by atoms with Crippen molar-refractivity contribution in [1.29, 1.82) is 0 Å². The molecular weight excluding hydrogens is 478 g/mol. The van der Waals surface area contributed by atoms with Crippen LogP contribution in [-0.2, 0) is 22.5 Å². The van der Waals surface area contributed by atoms with E-state index in [4.69, 9.17) is 4.74 Å². The summed E-state index contributed by atoms with van der Waals surface area (Å²) in [6.07, 6.45) is 31.2. The molecule has 1 aromatic rings. The summed E-state index contributed by atoms with van der Waals surface area (Å²) in [6, 6.07) is 4.58. The summed E-state index contributed by atoms with van der Waals surface area (Å²) in [7, 11) is 0. The fourth-order valence-electron chi connectivity index (χ4n) is 5.77. The maximum atomic E-state index is 12.2. The highest BCUT2D eigenvalue weighted by atomic mass is 16.5. The number of ether oxygens (including phenoxy) is 1. The molecule has 0 unspecified atom stereocenters. The van der Waals surface area contributed by atoms with Crippen LogP contribution in [0.5, 0.6) is 0 Å². The Balaban J connectivity index is 2.16. The minimum Gasteiger partial charge on any atom is -0.459 e. The van der Waals surface area contributed by atoms with Crippen molar-refractivity contribution in [3.05, 3.63) is 29.1 Å². The molecule has 0 aliphatic heterocycles. The van der Waals surface area contributed by atoms with Crippen molar-refractivity contribution in [2.45, 2.75) is 188 Å². The first-order valence-corrected chi connectivity index (χ1v) is 17.2. The van der Waals surface area contributed by atoms with Crippen molar-refractivity contribution in [3.8, 4) is 0 Å². The second-order valence-electron chi connectivity index (χ2n) is 12.1. The zero-order valence-electron chi connectivity index (χ0n) is 26.8. The molecule has 0 radical (unpaired) electrons. The number of aromatic nitrogens is 1. The third-order valence-electron chi connectivity index (χ3n) is 8.20. The van der Waals surface area contributed by atoms with Gasteiger partial charge in [-0.25, -0.2) is 0 Å². The van der Waals surface area contributed by atoms with Crippen molar-refractivity contribution < 1.29 is 14.1 Å². The quantitative estimate of drug-likeness (QED) is 0.0626. The lowest BCUT2D eigenvalue weighted by molar-refractivity contribution is -0.710. The van der Waals surface area contributed by atoms with Gasteiger partial charge in [-0.1, -0.05) is 142 Å². The van der Waals surface area contributed by atoms with E-state index in [1.165, 1.54) is 145 Å². The Kier molecular flexibility index (Phi) is 23.4. The fraction of sp³-hybridized carbons (Fsp3) is 0.833. The third kappa shape index (κ3) is 20.2. The average Bonchev–Trinajstić information content (AvgIpc) is 2.91. The molecule has 1 heterocycles. The van der Waals surface area contributed by atoms with Crippen LogP contribution in [0.1, 0.15) is 178 Å². The molecule has 0 bridgehead atoms.